The maximum absolute atomic E-state index is 3.43. The first-order valence-corrected chi connectivity index (χ1v) is 7.16. The first kappa shape index (κ1) is 11.8. The van der Waals surface area contributed by atoms with Gasteiger partial charge in [0.2, 0.25) is 0 Å². The molecule has 18 heavy (non-hydrogen) atoms. The molecule has 0 aromatic heterocycles. The van der Waals surface area contributed by atoms with Crippen LogP contribution in [-0.2, 0) is 0 Å². The molecule has 0 unspecified atom stereocenters. The molecule has 0 amide bonds. The van der Waals surface area contributed by atoms with Crippen molar-refractivity contribution in [1.82, 2.24) is 10.2 Å². The lowest BCUT2D eigenvalue weighted by Crippen LogP contribution is -2.43. The third-order valence-corrected chi connectivity index (χ3v) is 4.01. The van der Waals surface area contributed by atoms with Gasteiger partial charge in [-0.2, -0.15) is 0 Å². The number of hydrogen-bond donors (Lipinski definition) is 1. The fourth-order valence-corrected chi connectivity index (χ4v) is 3.03. The molecular weight excluding hydrogens is 220 g/mol. The summed E-state index contributed by atoms with van der Waals surface area (Å²) in [4.78, 5) is 2.56. The zero-order valence-electron chi connectivity index (χ0n) is 11.0. The van der Waals surface area contributed by atoms with Crippen LogP contribution in [-0.4, -0.2) is 31.1 Å². The Morgan fingerprint density at radius 3 is 2.61 bits per heavy atom. The molecule has 2 heteroatoms. The lowest BCUT2D eigenvalue weighted by Gasteiger charge is -2.34. The number of hydrogen-bond acceptors (Lipinski definition) is 2. The summed E-state index contributed by atoms with van der Waals surface area (Å²) >= 11 is 0. The zero-order chi connectivity index (χ0) is 12.2. The second-order valence-electron chi connectivity index (χ2n) is 5.20. The molecule has 0 spiro atoms. The van der Waals surface area contributed by atoms with Gasteiger partial charge in [0.05, 0.1) is 0 Å². The van der Waals surface area contributed by atoms with Crippen molar-refractivity contribution >= 4 is 0 Å². The predicted octanol–water partition coefficient (Wildman–Crippen LogP) is 2.77. The SMILES string of the molecule is C1=CCCC(C2=C(N3CCNCC3)C=CCC2)=C1. The molecule has 3 aliphatic rings. The number of nitrogens with zero attached hydrogens (tertiary/aromatic N) is 1. The molecule has 3 rings (SSSR count). The highest BCUT2D eigenvalue weighted by Crippen LogP contribution is 2.31. The molecule has 0 saturated carbocycles. The Kier molecular flexibility index (Phi) is 3.65. The lowest BCUT2D eigenvalue weighted by molar-refractivity contribution is 0.303. The van der Waals surface area contributed by atoms with Gasteiger partial charge < -0.3 is 10.2 Å². The van der Waals surface area contributed by atoms with Crippen LogP contribution in [0, 0.1) is 0 Å². The van der Waals surface area contributed by atoms with Gasteiger partial charge >= 0.3 is 0 Å². The summed E-state index contributed by atoms with van der Waals surface area (Å²) in [6, 6.07) is 0. The maximum Gasteiger partial charge on any atom is 0.0399 e. The Morgan fingerprint density at radius 1 is 1.00 bits per heavy atom. The number of nitrogens with one attached hydrogen (secondary N) is 1. The van der Waals surface area contributed by atoms with Gasteiger partial charge in [0.25, 0.3) is 0 Å². The Labute approximate surface area is 110 Å². The van der Waals surface area contributed by atoms with Crippen molar-refractivity contribution < 1.29 is 0 Å². The summed E-state index contributed by atoms with van der Waals surface area (Å²) in [5.74, 6) is 0. The average Bonchev–Trinajstić information content (AvgIpc) is 2.49. The summed E-state index contributed by atoms with van der Waals surface area (Å²) in [5.41, 5.74) is 4.66. The van der Waals surface area contributed by atoms with E-state index in [4.69, 9.17) is 0 Å². The quantitative estimate of drug-likeness (QED) is 0.801. The molecule has 1 saturated heterocycles. The van der Waals surface area contributed by atoms with E-state index < -0.39 is 0 Å². The van der Waals surface area contributed by atoms with Crippen molar-refractivity contribution in [2.24, 2.45) is 0 Å². The van der Waals surface area contributed by atoms with Crippen LogP contribution in [0.25, 0.3) is 0 Å². The smallest absolute Gasteiger partial charge is 0.0399 e. The summed E-state index contributed by atoms with van der Waals surface area (Å²) in [7, 11) is 0. The summed E-state index contributed by atoms with van der Waals surface area (Å²) in [6.07, 6.45) is 16.3. The summed E-state index contributed by atoms with van der Waals surface area (Å²) < 4.78 is 0. The first-order valence-electron chi connectivity index (χ1n) is 7.16. The third-order valence-electron chi connectivity index (χ3n) is 4.01. The minimum atomic E-state index is 1.11. The molecule has 1 fully saturated rings. The molecule has 2 aliphatic carbocycles. The van der Waals surface area contributed by atoms with E-state index in [1.54, 1.807) is 11.1 Å². The van der Waals surface area contributed by atoms with Crippen LogP contribution in [0.4, 0.5) is 0 Å². The second-order valence-corrected chi connectivity index (χ2v) is 5.20. The lowest BCUT2D eigenvalue weighted by atomic mass is 9.89. The van der Waals surface area contributed by atoms with E-state index in [1.807, 2.05) is 0 Å². The maximum atomic E-state index is 3.43. The minimum absolute atomic E-state index is 1.11. The Balaban J connectivity index is 1.90. The van der Waals surface area contributed by atoms with Gasteiger partial charge in [0.15, 0.2) is 0 Å². The molecule has 1 heterocycles. The van der Waals surface area contributed by atoms with Crippen molar-refractivity contribution in [2.45, 2.75) is 25.7 Å². The van der Waals surface area contributed by atoms with E-state index in [0.717, 1.165) is 26.2 Å². The van der Waals surface area contributed by atoms with Crippen LogP contribution in [0.15, 0.2) is 47.2 Å². The molecule has 0 aromatic carbocycles. The van der Waals surface area contributed by atoms with Crippen molar-refractivity contribution in [3.8, 4) is 0 Å². The Morgan fingerprint density at radius 2 is 1.83 bits per heavy atom. The van der Waals surface area contributed by atoms with Crippen molar-refractivity contribution in [3.63, 3.8) is 0 Å². The van der Waals surface area contributed by atoms with E-state index >= 15 is 0 Å². The highest BCUT2D eigenvalue weighted by Gasteiger charge is 2.19. The van der Waals surface area contributed by atoms with Crippen LogP contribution in [0.5, 0.6) is 0 Å². The second kappa shape index (κ2) is 5.57. The van der Waals surface area contributed by atoms with Gasteiger partial charge in [-0.25, -0.2) is 0 Å². The average molecular weight is 242 g/mol. The monoisotopic (exact) mass is 242 g/mol. The first-order chi connectivity index (χ1) is 8.95. The van der Waals surface area contributed by atoms with Crippen molar-refractivity contribution in [3.05, 3.63) is 47.2 Å². The van der Waals surface area contributed by atoms with Crippen molar-refractivity contribution in [2.75, 3.05) is 26.2 Å². The van der Waals surface area contributed by atoms with Gasteiger partial charge in [0.1, 0.15) is 0 Å². The highest BCUT2D eigenvalue weighted by atomic mass is 15.2. The molecule has 0 bridgehead atoms. The third kappa shape index (κ3) is 2.44. The van der Waals surface area contributed by atoms with E-state index in [2.05, 4.69) is 40.6 Å². The molecule has 2 nitrogen and oxygen atoms in total. The van der Waals surface area contributed by atoms with E-state index in [-0.39, 0.29) is 0 Å². The summed E-state index contributed by atoms with van der Waals surface area (Å²) in [5, 5.41) is 3.43. The fourth-order valence-electron chi connectivity index (χ4n) is 3.03. The predicted molar refractivity (Wildman–Crippen MR) is 76.3 cm³/mol. The molecule has 0 radical (unpaired) electrons. The van der Waals surface area contributed by atoms with Gasteiger partial charge in [-0.1, -0.05) is 24.3 Å². The van der Waals surface area contributed by atoms with Gasteiger partial charge in [-0.05, 0) is 42.9 Å². The van der Waals surface area contributed by atoms with Gasteiger partial charge in [-0.15, -0.1) is 0 Å². The van der Waals surface area contributed by atoms with Crippen molar-refractivity contribution in [1.29, 1.82) is 0 Å². The fraction of sp³-hybridized carbons (Fsp3) is 0.500. The van der Waals surface area contributed by atoms with Crippen LogP contribution < -0.4 is 5.32 Å². The van der Waals surface area contributed by atoms with E-state index in [9.17, 15) is 0 Å². The van der Waals surface area contributed by atoms with Crippen LogP contribution >= 0.6 is 0 Å². The molecule has 0 atom stereocenters. The van der Waals surface area contributed by atoms with Gasteiger partial charge in [0, 0.05) is 31.9 Å². The Hall–Kier alpha value is -1.28. The van der Waals surface area contributed by atoms with E-state index in [0.29, 0.717) is 0 Å². The van der Waals surface area contributed by atoms with Crippen LogP contribution in [0.1, 0.15) is 25.7 Å². The van der Waals surface area contributed by atoms with Gasteiger partial charge in [-0.3, -0.25) is 0 Å². The number of rotatable bonds is 2. The number of allylic oxidation sites excluding steroid dienone is 7. The largest absolute Gasteiger partial charge is 0.369 e. The zero-order valence-corrected chi connectivity index (χ0v) is 11.0. The van der Waals surface area contributed by atoms with E-state index in [1.165, 1.54) is 31.4 Å². The summed E-state index contributed by atoms with van der Waals surface area (Å²) in [6.45, 7) is 4.52. The van der Waals surface area contributed by atoms with Crippen LogP contribution in [0.2, 0.25) is 0 Å². The molecule has 1 N–H and O–H groups in total. The molecule has 96 valence electrons. The highest BCUT2D eigenvalue weighted by molar-refractivity contribution is 5.44. The molecule has 0 aromatic rings. The Bertz CT molecular complexity index is 420. The molecular formula is C16H22N2. The minimum Gasteiger partial charge on any atom is -0.369 e. The molecule has 1 aliphatic heterocycles. The van der Waals surface area contributed by atoms with Crippen LogP contribution in [0.3, 0.4) is 0 Å². The topological polar surface area (TPSA) is 15.3 Å². The standard InChI is InChI=1S/C16H22N2/c1-2-6-14(7-3-1)15-8-4-5-9-16(15)18-12-10-17-11-13-18/h1-2,5-6,9,17H,3-4,7-8,10-13H2. The normalized spacial score (nSPS) is 24.4. The number of piperazine rings is 1.